The minimum atomic E-state index is 0.211. The van der Waals surface area contributed by atoms with Crippen molar-refractivity contribution in [3.8, 4) is 11.1 Å². The predicted molar refractivity (Wildman–Crippen MR) is 104 cm³/mol. The standard InChI is InChI=1S/C19H22ClN5O/c1-14-12-18(24-8-6-23(7-9-24)10-11-26)25-19(22-14)17(13-21-25)15-2-4-16(20)5-3-15/h2-5,12-13,26H,6-11H2,1H3. The number of anilines is 1. The molecule has 1 N–H and O–H groups in total. The van der Waals surface area contributed by atoms with E-state index in [0.29, 0.717) is 0 Å². The number of aryl methyl sites for hydroxylation is 1. The molecule has 0 amide bonds. The largest absolute Gasteiger partial charge is 0.395 e. The lowest BCUT2D eigenvalue weighted by Gasteiger charge is -2.35. The number of aliphatic hydroxyl groups is 1. The van der Waals surface area contributed by atoms with Crippen LogP contribution in [0, 0.1) is 6.92 Å². The third-order valence-electron chi connectivity index (χ3n) is 4.85. The van der Waals surface area contributed by atoms with Crippen LogP contribution >= 0.6 is 11.6 Å². The van der Waals surface area contributed by atoms with Crippen molar-refractivity contribution in [1.29, 1.82) is 0 Å². The van der Waals surface area contributed by atoms with Gasteiger partial charge in [0.05, 0.1) is 12.8 Å². The topological polar surface area (TPSA) is 56.9 Å². The average Bonchev–Trinajstić information content (AvgIpc) is 3.06. The Morgan fingerprint density at radius 2 is 1.85 bits per heavy atom. The molecule has 1 aliphatic rings. The molecule has 2 aromatic heterocycles. The molecule has 6 nitrogen and oxygen atoms in total. The zero-order chi connectivity index (χ0) is 18.1. The van der Waals surface area contributed by atoms with Crippen molar-refractivity contribution in [3.05, 3.63) is 47.2 Å². The molecule has 0 spiro atoms. The fourth-order valence-electron chi connectivity index (χ4n) is 3.46. The Morgan fingerprint density at radius 3 is 2.54 bits per heavy atom. The average molecular weight is 372 g/mol. The zero-order valence-corrected chi connectivity index (χ0v) is 15.5. The molecule has 7 heteroatoms. The summed E-state index contributed by atoms with van der Waals surface area (Å²) in [6.07, 6.45) is 1.87. The van der Waals surface area contributed by atoms with Gasteiger partial charge in [-0.3, -0.25) is 4.90 Å². The Labute approximate surface area is 157 Å². The third kappa shape index (κ3) is 3.28. The van der Waals surface area contributed by atoms with E-state index < -0.39 is 0 Å². The van der Waals surface area contributed by atoms with Gasteiger partial charge in [-0.2, -0.15) is 9.61 Å². The van der Waals surface area contributed by atoms with Crippen LogP contribution in [-0.2, 0) is 0 Å². The highest BCUT2D eigenvalue weighted by atomic mass is 35.5. The number of β-amino-alcohol motifs (C(OH)–C–C–N with tert-alkyl or cyclic N) is 1. The van der Waals surface area contributed by atoms with Gasteiger partial charge in [-0.05, 0) is 24.6 Å². The van der Waals surface area contributed by atoms with Crippen molar-refractivity contribution < 1.29 is 5.11 Å². The highest BCUT2D eigenvalue weighted by Gasteiger charge is 2.21. The Kier molecular flexibility index (Phi) is 4.80. The van der Waals surface area contributed by atoms with Crippen molar-refractivity contribution in [1.82, 2.24) is 19.5 Å². The van der Waals surface area contributed by atoms with E-state index >= 15 is 0 Å². The molecule has 3 aromatic rings. The second-order valence-corrected chi connectivity index (χ2v) is 7.05. The SMILES string of the molecule is Cc1cc(N2CCN(CCO)CC2)n2ncc(-c3ccc(Cl)cc3)c2n1. The molecule has 0 bridgehead atoms. The van der Waals surface area contributed by atoms with E-state index in [4.69, 9.17) is 21.7 Å². The Hall–Kier alpha value is -2.15. The summed E-state index contributed by atoms with van der Waals surface area (Å²) in [5, 5.41) is 14.5. The van der Waals surface area contributed by atoms with E-state index in [9.17, 15) is 0 Å². The summed E-state index contributed by atoms with van der Waals surface area (Å²) in [4.78, 5) is 9.35. The van der Waals surface area contributed by atoms with Crippen LogP contribution in [0.3, 0.4) is 0 Å². The Balaban J connectivity index is 1.70. The molecule has 0 radical (unpaired) electrons. The van der Waals surface area contributed by atoms with Crippen molar-refractivity contribution in [2.45, 2.75) is 6.92 Å². The van der Waals surface area contributed by atoms with Gasteiger partial charge in [0, 0.05) is 55.1 Å². The minimum Gasteiger partial charge on any atom is -0.395 e. The van der Waals surface area contributed by atoms with Crippen molar-refractivity contribution in [2.24, 2.45) is 0 Å². The summed E-state index contributed by atoms with van der Waals surface area (Å²) < 4.78 is 1.93. The molecule has 1 saturated heterocycles. The second-order valence-electron chi connectivity index (χ2n) is 6.61. The number of benzene rings is 1. The molecule has 4 rings (SSSR count). The van der Waals surface area contributed by atoms with Gasteiger partial charge in [0.25, 0.3) is 0 Å². The Bertz CT molecular complexity index is 900. The van der Waals surface area contributed by atoms with E-state index in [1.807, 2.05) is 41.9 Å². The number of piperazine rings is 1. The van der Waals surface area contributed by atoms with E-state index in [1.165, 1.54) is 0 Å². The predicted octanol–water partition coefficient (Wildman–Crippen LogP) is 2.47. The summed E-state index contributed by atoms with van der Waals surface area (Å²) in [6.45, 7) is 6.67. The van der Waals surface area contributed by atoms with Crippen LogP contribution in [0.25, 0.3) is 16.8 Å². The van der Waals surface area contributed by atoms with Gasteiger partial charge in [-0.25, -0.2) is 4.98 Å². The second kappa shape index (κ2) is 7.23. The van der Waals surface area contributed by atoms with Gasteiger partial charge in [0.15, 0.2) is 5.65 Å². The fourth-order valence-corrected chi connectivity index (χ4v) is 3.59. The van der Waals surface area contributed by atoms with Crippen molar-refractivity contribution >= 4 is 23.1 Å². The number of aromatic nitrogens is 3. The van der Waals surface area contributed by atoms with Gasteiger partial charge >= 0.3 is 0 Å². The first-order valence-corrected chi connectivity index (χ1v) is 9.23. The number of hydrogen-bond acceptors (Lipinski definition) is 5. The van der Waals surface area contributed by atoms with Crippen molar-refractivity contribution in [3.63, 3.8) is 0 Å². The molecule has 1 aromatic carbocycles. The van der Waals surface area contributed by atoms with Crippen LogP contribution in [0.15, 0.2) is 36.5 Å². The highest BCUT2D eigenvalue weighted by Crippen LogP contribution is 2.28. The molecule has 136 valence electrons. The molecule has 0 aliphatic carbocycles. The van der Waals surface area contributed by atoms with Crippen LogP contribution in [0.5, 0.6) is 0 Å². The minimum absolute atomic E-state index is 0.211. The number of halogens is 1. The van der Waals surface area contributed by atoms with Gasteiger partial charge in [0.2, 0.25) is 0 Å². The molecule has 1 fully saturated rings. The van der Waals surface area contributed by atoms with Crippen LogP contribution < -0.4 is 4.90 Å². The van der Waals surface area contributed by atoms with E-state index in [2.05, 4.69) is 21.0 Å². The summed E-state index contributed by atoms with van der Waals surface area (Å²) in [5.74, 6) is 1.07. The number of aliphatic hydroxyl groups excluding tert-OH is 1. The summed E-state index contributed by atoms with van der Waals surface area (Å²) in [5.41, 5.74) is 3.90. The molecular formula is C19H22ClN5O. The fraction of sp³-hybridized carbons (Fsp3) is 0.368. The Morgan fingerprint density at radius 1 is 1.12 bits per heavy atom. The van der Waals surface area contributed by atoms with Crippen LogP contribution in [0.4, 0.5) is 5.82 Å². The lowest BCUT2D eigenvalue weighted by molar-refractivity contribution is 0.188. The lowest BCUT2D eigenvalue weighted by atomic mass is 10.1. The molecule has 0 atom stereocenters. The van der Waals surface area contributed by atoms with E-state index in [1.54, 1.807) is 0 Å². The molecule has 0 saturated carbocycles. The van der Waals surface area contributed by atoms with Gasteiger partial charge in [-0.15, -0.1) is 0 Å². The number of nitrogens with zero attached hydrogens (tertiary/aromatic N) is 5. The molecule has 1 aliphatic heterocycles. The smallest absolute Gasteiger partial charge is 0.165 e. The quantitative estimate of drug-likeness (QED) is 0.763. The molecule has 3 heterocycles. The zero-order valence-electron chi connectivity index (χ0n) is 14.8. The van der Waals surface area contributed by atoms with Crippen LogP contribution in [-0.4, -0.2) is 63.9 Å². The first-order valence-electron chi connectivity index (χ1n) is 8.85. The van der Waals surface area contributed by atoms with Crippen LogP contribution in [0.1, 0.15) is 5.69 Å². The van der Waals surface area contributed by atoms with E-state index in [0.717, 1.165) is 66.0 Å². The normalized spacial score (nSPS) is 15.7. The highest BCUT2D eigenvalue weighted by molar-refractivity contribution is 6.30. The summed E-state index contributed by atoms with van der Waals surface area (Å²) >= 11 is 6.01. The first-order chi connectivity index (χ1) is 12.7. The van der Waals surface area contributed by atoms with Crippen LogP contribution in [0.2, 0.25) is 5.02 Å². The third-order valence-corrected chi connectivity index (χ3v) is 5.10. The van der Waals surface area contributed by atoms with Crippen molar-refractivity contribution in [2.75, 3.05) is 44.2 Å². The maximum atomic E-state index is 9.12. The molecule has 0 unspecified atom stereocenters. The molecule has 26 heavy (non-hydrogen) atoms. The summed E-state index contributed by atoms with van der Waals surface area (Å²) in [6, 6.07) is 9.86. The number of fused-ring (bicyclic) bond motifs is 1. The van der Waals surface area contributed by atoms with E-state index in [-0.39, 0.29) is 6.61 Å². The summed E-state index contributed by atoms with van der Waals surface area (Å²) in [7, 11) is 0. The van der Waals surface area contributed by atoms with Gasteiger partial charge in [-0.1, -0.05) is 23.7 Å². The maximum absolute atomic E-state index is 9.12. The number of hydrogen-bond donors (Lipinski definition) is 1. The van der Waals surface area contributed by atoms with Gasteiger partial charge < -0.3 is 10.0 Å². The number of rotatable bonds is 4. The lowest BCUT2D eigenvalue weighted by Crippen LogP contribution is -2.47. The maximum Gasteiger partial charge on any atom is 0.165 e. The first kappa shape index (κ1) is 17.3. The molecular weight excluding hydrogens is 350 g/mol. The van der Waals surface area contributed by atoms with Gasteiger partial charge in [0.1, 0.15) is 5.82 Å². The monoisotopic (exact) mass is 371 g/mol.